The first-order chi connectivity index (χ1) is 16.4. The zero-order chi connectivity index (χ0) is 24.2. The normalized spacial score (nSPS) is 14.2. The van der Waals surface area contributed by atoms with Crippen LogP contribution in [-0.2, 0) is 9.53 Å². The number of amides is 1. The molecule has 0 N–H and O–H groups in total. The topological polar surface area (TPSA) is 60.8 Å². The minimum atomic E-state index is -0.169. The second-order valence-corrected chi connectivity index (χ2v) is 8.77. The van der Waals surface area contributed by atoms with E-state index in [4.69, 9.17) is 21.1 Å². The van der Waals surface area contributed by atoms with Crippen molar-refractivity contribution in [1.82, 2.24) is 9.47 Å². The molecule has 1 aromatic heterocycles. The molecule has 0 unspecified atom stereocenters. The summed E-state index contributed by atoms with van der Waals surface area (Å²) < 4.78 is 12.5. The Balaban J connectivity index is 1.69. The van der Waals surface area contributed by atoms with Crippen molar-refractivity contribution in [3.63, 3.8) is 0 Å². The van der Waals surface area contributed by atoms with Gasteiger partial charge in [-0.05, 0) is 74.7 Å². The number of nitrogens with zero attached hydrogens (tertiary/aromatic N) is 2. The first-order valence-electron chi connectivity index (χ1n) is 11.5. The molecule has 3 aromatic rings. The smallest absolute Gasteiger partial charge is 0.309 e. The summed E-state index contributed by atoms with van der Waals surface area (Å²) in [6.45, 7) is 5.17. The molecule has 4 rings (SSSR count). The predicted octanol–water partition coefficient (Wildman–Crippen LogP) is 5.53. The number of hydrogen-bond donors (Lipinski definition) is 0. The van der Waals surface area contributed by atoms with E-state index in [1.165, 1.54) is 0 Å². The largest absolute Gasteiger partial charge is 0.497 e. The molecule has 178 valence electrons. The highest BCUT2D eigenvalue weighted by molar-refractivity contribution is 6.32. The average Bonchev–Trinajstić information content (AvgIpc) is 3.21. The number of carbonyl (C=O) groups excluding carboxylic acids is 2. The van der Waals surface area contributed by atoms with Gasteiger partial charge in [0.05, 0.1) is 41.6 Å². The number of aromatic nitrogens is 1. The number of esters is 1. The molecule has 0 spiro atoms. The highest BCUT2D eigenvalue weighted by atomic mass is 35.5. The molecule has 1 amide bonds. The van der Waals surface area contributed by atoms with Crippen molar-refractivity contribution in [3.05, 3.63) is 70.9 Å². The van der Waals surface area contributed by atoms with Crippen molar-refractivity contribution < 1.29 is 19.1 Å². The molecule has 2 heterocycles. The van der Waals surface area contributed by atoms with E-state index < -0.39 is 0 Å². The van der Waals surface area contributed by atoms with Gasteiger partial charge in [0.15, 0.2) is 0 Å². The van der Waals surface area contributed by atoms with Crippen LogP contribution in [0, 0.1) is 12.8 Å². The Bertz CT molecular complexity index is 1180. The molecule has 1 fully saturated rings. The number of rotatable bonds is 6. The lowest BCUT2D eigenvalue weighted by atomic mass is 9.96. The standard InChI is InChI=1S/C27H29ClN2O4/c1-4-34-27(32)20-13-15-29(16-14-20)26(31)22-17-25(19-9-11-21(33-3)12-10-19)30(18(22)2)24-8-6-5-7-23(24)28/h5-12,17,20H,4,13-16H2,1-3H3. The van der Waals surface area contributed by atoms with E-state index in [0.717, 1.165) is 28.4 Å². The van der Waals surface area contributed by atoms with Crippen molar-refractivity contribution in [1.29, 1.82) is 0 Å². The Labute approximate surface area is 205 Å². The zero-order valence-corrected chi connectivity index (χ0v) is 20.5. The van der Waals surface area contributed by atoms with E-state index in [-0.39, 0.29) is 17.8 Å². The maximum Gasteiger partial charge on any atom is 0.309 e. The van der Waals surface area contributed by atoms with Crippen molar-refractivity contribution >= 4 is 23.5 Å². The van der Waals surface area contributed by atoms with Gasteiger partial charge in [-0.15, -0.1) is 0 Å². The molecular weight excluding hydrogens is 452 g/mol. The molecule has 0 atom stereocenters. The SMILES string of the molecule is CCOC(=O)C1CCN(C(=O)c2cc(-c3ccc(OC)cc3)n(-c3ccccc3Cl)c2C)CC1. The van der Waals surface area contributed by atoms with Crippen LogP contribution >= 0.6 is 11.6 Å². The fourth-order valence-electron chi connectivity index (χ4n) is 4.49. The second-order valence-electron chi connectivity index (χ2n) is 8.36. The minimum absolute atomic E-state index is 0.0413. The van der Waals surface area contributed by atoms with Gasteiger partial charge in [0.2, 0.25) is 0 Å². The second kappa shape index (κ2) is 10.3. The summed E-state index contributed by atoms with van der Waals surface area (Å²) in [5.41, 5.74) is 4.08. The van der Waals surface area contributed by atoms with Gasteiger partial charge < -0.3 is 18.9 Å². The molecule has 7 heteroatoms. The number of hydrogen-bond acceptors (Lipinski definition) is 4. The molecule has 0 saturated carbocycles. The van der Waals surface area contributed by atoms with Crippen molar-refractivity contribution in [2.75, 3.05) is 26.8 Å². The molecule has 1 aliphatic heterocycles. The Morgan fingerprint density at radius 3 is 2.35 bits per heavy atom. The van der Waals surface area contributed by atoms with Gasteiger partial charge in [0.25, 0.3) is 5.91 Å². The van der Waals surface area contributed by atoms with Crippen LogP contribution in [0.3, 0.4) is 0 Å². The fraction of sp³-hybridized carbons (Fsp3) is 0.333. The number of carbonyl (C=O) groups is 2. The molecular formula is C27H29ClN2O4. The molecule has 2 aromatic carbocycles. The number of halogens is 1. The number of para-hydroxylation sites is 1. The van der Waals surface area contributed by atoms with Crippen LogP contribution in [0.1, 0.15) is 35.8 Å². The van der Waals surface area contributed by atoms with E-state index in [2.05, 4.69) is 0 Å². The molecule has 1 saturated heterocycles. The van der Waals surface area contributed by atoms with E-state index in [1.807, 2.05) is 77.9 Å². The summed E-state index contributed by atoms with van der Waals surface area (Å²) in [5, 5.41) is 0.602. The number of likely N-dealkylation sites (tertiary alicyclic amines) is 1. The summed E-state index contributed by atoms with van der Waals surface area (Å²) in [4.78, 5) is 27.5. The van der Waals surface area contributed by atoms with Gasteiger partial charge in [0, 0.05) is 18.8 Å². The fourth-order valence-corrected chi connectivity index (χ4v) is 4.71. The quantitative estimate of drug-likeness (QED) is 0.435. The maximum absolute atomic E-state index is 13.6. The van der Waals surface area contributed by atoms with Crippen LogP contribution in [0.25, 0.3) is 16.9 Å². The Morgan fingerprint density at radius 2 is 1.74 bits per heavy atom. The number of ether oxygens (including phenoxy) is 2. The maximum atomic E-state index is 13.6. The van der Waals surface area contributed by atoms with E-state index >= 15 is 0 Å². The molecule has 0 radical (unpaired) electrons. The van der Waals surface area contributed by atoms with Gasteiger partial charge in [-0.1, -0.05) is 23.7 Å². The lowest BCUT2D eigenvalue weighted by Crippen LogP contribution is -2.40. The summed E-state index contributed by atoms with van der Waals surface area (Å²) in [5.74, 6) is 0.405. The van der Waals surface area contributed by atoms with E-state index in [0.29, 0.717) is 43.1 Å². The minimum Gasteiger partial charge on any atom is -0.497 e. The van der Waals surface area contributed by atoms with Crippen LogP contribution in [0.4, 0.5) is 0 Å². The summed E-state index contributed by atoms with van der Waals surface area (Å²) >= 11 is 6.57. The Kier molecular flexibility index (Phi) is 7.27. The van der Waals surface area contributed by atoms with E-state index in [9.17, 15) is 9.59 Å². The van der Waals surface area contributed by atoms with Gasteiger partial charge in [-0.2, -0.15) is 0 Å². The van der Waals surface area contributed by atoms with Crippen molar-refractivity contribution in [3.8, 4) is 22.7 Å². The van der Waals surface area contributed by atoms with E-state index in [1.54, 1.807) is 7.11 Å². The average molecular weight is 481 g/mol. The molecule has 6 nitrogen and oxygen atoms in total. The van der Waals surface area contributed by atoms with Crippen LogP contribution < -0.4 is 4.74 Å². The summed E-state index contributed by atoms with van der Waals surface area (Å²) in [6, 6.07) is 17.3. The highest BCUT2D eigenvalue weighted by Crippen LogP contribution is 2.34. The lowest BCUT2D eigenvalue weighted by Gasteiger charge is -2.31. The lowest BCUT2D eigenvalue weighted by molar-refractivity contribution is -0.149. The van der Waals surface area contributed by atoms with Crippen LogP contribution in [0.2, 0.25) is 5.02 Å². The molecule has 0 aliphatic carbocycles. The van der Waals surface area contributed by atoms with Gasteiger partial charge in [-0.25, -0.2) is 0 Å². The van der Waals surface area contributed by atoms with Gasteiger partial charge in [-0.3, -0.25) is 9.59 Å². The van der Waals surface area contributed by atoms with Crippen molar-refractivity contribution in [2.45, 2.75) is 26.7 Å². The first kappa shape index (κ1) is 23.9. The van der Waals surface area contributed by atoms with Crippen LogP contribution in [0.15, 0.2) is 54.6 Å². The first-order valence-corrected chi connectivity index (χ1v) is 11.9. The van der Waals surface area contributed by atoms with Gasteiger partial charge >= 0.3 is 5.97 Å². The highest BCUT2D eigenvalue weighted by Gasteiger charge is 2.30. The molecule has 1 aliphatic rings. The van der Waals surface area contributed by atoms with Gasteiger partial charge in [0.1, 0.15) is 5.75 Å². The third kappa shape index (κ3) is 4.68. The number of methoxy groups -OCH3 is 1. The Morgan fingerprint density at radius 1 is 1.06 bits per heavy atom. The van der Waals surface area contributed by atoms with Crippen molar-refractivity contribution in [2.24, 2.45) is 5.92 Å². The Hall–Kier alpha value is -3.25. The molecule has 34 heavy (non-hydrogen) atoms. The zero-order valence-electron chi connectivity index (χ0n) is 19.7. The monoisotopic (exact) mass is 480 g/mol. The van der Waals surface area contributed by atoms with Crippen LogP contribution in [0.5, 0.6) is 5.75 Å². The number of piperidine rings is 1. The third-order valence-electron chi connectivity index (χ3n) is 6.36. The summed E-state index contributed by atoms with van der Waals surface area (Å²) in [6.07, 6.45) is 1.22. The summed E-state index contributed by atoms with van der Waals surface area (Å²) in [7, 11) is 1.63. The third-order valence-corrected chi connectivity index (χ3v) is 6.68. The molecule has 0 bridgehead atoms. The number of benzene rings is 2. The predicted molar refractivity (Wildman–Crippen MR) is 133 cm³/mol. The van der Waals surface area contributed by atoms with Crippen LogP contribution in [-0.4, -0.2) is 48.1 Å².